The van der Waals surface area contributed by atoms with Gasteiger partial charge in [0.2, 0.25) is 0 Å². The van der Waals surface area contributed by atoms with Gasteiger partial charge in [0.25, 0.3) is 5.69 Å². The number of hydrogen-bond acceptors (Lipinski definition) is 4. The van der Waals surface area contributed by atoms with Crippen LogP contribution in [-0.2, 0) is 9.84 Å². The number of halogens is 1. The molecule has 0 aromatic heterocycles. The van der Waals surface area contributed by atoms with Crippen LogP contribution in [0.15, 0.2) is 23.1 Å². The summed E-state index contributed by atoms with van der Waals surface area (Å²) in [4.78, 5) is 10.0. The number of hydrogen-bond donors (Lipinski definition) is 0. The van der Waals surface area contributed by atoms with Crippen LogP contribution in [0.3, 0.4) is 0 Å². The van der Waals surface area contributed by atoms with Gasteiger partial charge in [0.1, 0.15) is 4.90 Å². The van der Waals surface area contributed by atoms with Gasteiger partial charge < -0.3 is 0 Å². The summed E-state index contributed by atoms with van der Waals surface area (Å²) in [7, 11) is -3.72. The molecule has 1 rings (SSSR count). The first-order chi connectivity index (χ1) is 8.30. The molecule has 0 saturated heterocycles. The minimum Gasteiger partial charge on any atom is -0.258 e. The molecular formula is C11H14ClNO4S. The summed E-state index contributed by atoms with van der Waals surface area (Å²) in [6, 6.07) is 4.10. The Morgan fingerprint density at radius 3 is 2.56 bits per heavy atom. The molecule has 0 saturated carbocycles. The predicted octanol–water partition coefficient (Wildman–Crippen LogP) is 2.69. The van der Waals surface area contributed by atoms with E-state index >= 15 is 0 Å². The molecule has 0 aliphatic heterocycles. The summed E-state index contributed by atoms with van der Waals surface area (Å²) in [5, 5.41) is 10.2. The zero-order chi connectivity index (χ0) is 13.9. The second-order valence-electron chi connectivity index (χ2n) is 4.06. The number of alkyl halides is 1. The van der Waals surface area contributed by atoms with Gasteiger partial charge in [0, 0.05) is 11.9 Å². The topological polar surface area (TPSA) is 77.3 Å². The summed E-state index contributed by atoms with van der Waals surface area (Å²) < 4.78 is 24.4. The molecule has 0 spiro atoms. The van der Waals surface area contributed by atoms with Crippen molar-refractivity contribution in [1.82, 2.24) is 0 Å². The van der Waals surface area contributed by atoms with Crippen LogP contribution in [0.5, 0.6) is 0 Å². The Morgan fingerprint density at radius 2 is 2.06 bits per heavy atom. The maximum absolute atomic E-state index is 12.2. The van der Waals surface area contributed by atoms with Crippen molar-refractivity contribution in [2.24, 2.45) is 0 Å². The van der Waals surface area contributed by atoms with Crippen LogP contribution in [0.4, 0.5) is 5.69 Å². The molecule has 18 heavy (non-hydrogen) atoms. The van der Waals surface area contributed by atoms with Crippen LogP contribution in [0.2, 0.25) is 0 Å². The van der Waals surface area contributed by atoms with Gasteiger partial charge in [-0.05, 0) is 31.9 Å². The van der Waals surface area contributed by atoms with E-state index < -0.39 is 20.0 Å². The van der Waals surface area contributed by atoms with E-state index in [1.54, 1.807) is 13.0 Å². The monoisotopic (exact) mass is 291 g/mol. The fourth-order valence-electron chi connectivity index (χ4n) is 1.54. The van der Waals surface area contributed by atoms with Gasteiger partial charge in [0.05, 0.1) is 10.2 Å². The SMILES string of the molecule is Cc1ccc(S(=O)(=O)C(C)CCCl)c([N+](=O)[O-])c1. The fourth-order valence-corrected chi connectivity index (χ4v) is 3.54. The van der Waals surface area contributed by atoms with Crippen LogP contribution in [0, 0.1) is 17.0 Å². The van der Waals surface area contributed by atoms with E-state index in [9.17, 15) is 18.5 Å². The molecule has 7 heteroatoms. The van der Waals surface area contributed by atoms with Crippen molar-refractivity contribution in [3.8, 4) is 0 Å². The molecule has 0 heterocycles. The zero-order valence-corrected chi connectivity index (χ0v) is 11.7. The Morgan fingerprint density at radius 1 is 1.44 bits per heavy atom. The molecule has 0 bridgehead atoms. The Bertz CT molecular complexity index is 556. The van der Waals surface area contributed by atoms with Gasteiger partial charge in [-0.1, -0.05) is 6.07 Å². The third-order valence-electron chi connectivity index (χ3n) is 2.66. The number of sulfone groups is 1. The van der Waals surface area contributed by atoms with E-state index in [0.717, 1.165) is 0 Å². The number of rotatable bonds is 5. The van der Waals surface area contributed by atoms with E-state index in [1.807, 2.05) is 0 Å². The maximum atomic E-state index is 12.2. The molecule has 5 nitrogen and oxygen atoms in total. The lowest BCUT2D eigenvalue weighted by molar-refractivity contribution is -0.387. The molecule has 0 N–H and O–H groups in total. The van der Waals surface area contributed by atoms with Crippen LogP contribution >= 0.6 is 11.6 Å². The van der Waals surface area contributed by atoms with Gasteiger partial charge in [-0.2, -0.15) is 0 Å². The fraction of sp³-hybridized carbons (Fsp3) is 0.455. The van der Waals surface area contributed by atoms with Crippen molar-refractivity contribution in [1.29, 1.82) is 0 Å². The molecular weight excluding hydrogens is 278 g/mol. The minimum atomic E-state index is -3.72. The maximum Gasteiger partial charge on any atom is 0.288 e. The molecule has 1 atom stereocenters. The molecule has 0 amide bonds. The lowest BCUT2D eigenvalue weighted by atomic mass is 10.2. The molecule has 0 aliphatic rings. The first-order valence-corrected chi connectivity index (χ1v) is 7.43. The Labute approximate surface area is 111 Å². The highest BCUT2D eigenvalue weighted by atomic mass is 35.5. The number of aryl methyl sites for hydroxylation is 1. The van der Waals surface area contributed by atoms with Crippen molar-refractivity contribution in [2.45, 2.75) is 30.4 Å². The number of nitro benzene ring substituents is 1. The first-order valence-electron chi connectivity index (χ1n) is 5.35. The third kappa shape index (κ3) is 3.00. The predicted molar refractivity (Wildman–Crippen MR) is 69.8 cm³/mol. The molecule has 0 radical (unpaired) electrons. The normalized spacial score (nSPS) is 13.3. The second-order valence-corrected chi connectivity index (χ2v) is 6.77. The van der Waals surface area contributed by atoms with Crippen molar-refractivity contribution < 1.29 is 13.3 Å². The third-order valence-corrected chi connectivity index (χ3v) is 5.13. The van der Waals surface area contributed by atoms with Crippen LogP contribution in [-0.4, -0.2) is 24.5 Å². The molecule has 0 fully saturated rings. The quantitative estimate of drug-likeness (QED) is 0.475. The van der Waals surface area contributed by atoms with E-state index in [4.69, 9.17) is 11.6 Å². The van der Waals surface area contributed by atoms with Crippen LogP contribution in [0.25, 0.3) is 0 Å². The molecule has 1 aromatic rings. The highest BCUT2D eigenvalue weighted by Gasteiger charge is 2.30. The van der Waals surface area contributed by atoms with Crippen LogP contribution < -0.4 is 0 Å². The second kappa shape index (κ2) is 5.67. The Balaban J connectivity index is 3.37. The lowest BCUT2D eigenvalue weighted by Gasteiger charge is -2.11. The Hall–Kier alpha value is -1.14. The molecule has 1 unspecified atom stereocenters. The van der Waals surface area contributed by atoms with E-state index in [1.165, 1.54) is 19.1 Å². The summed E-state index contributed by atoms with van der Waals surface area (Å²) in [6.07, 6.45) is 0.259. The van der Waals surface area contributed by atoms with Crippen LogP contribution in [0.1, 0.15) is 18.9 Å². The van der Waals surface area contributed by atoms with Crippen molar-refractivity contribution in [3.05, 3.63) is 33.9 Å². The molecule has 100 valence electrons. The average molecular weight is 292 g/mol. The average Bonchev–Trinajstić information content (AvgIpc) is 2.28. The molecule has 1 aromatic carbocycles. The number of nitrogens with zero attached hydrogens (tertiary/aromatic N) is 1. The highest BCUT2D eigenvalue weighted by Crippen LogP contribution is 2.28. The first kappa shape index (κ1) is 14.9. The minimum absolute atomic E-state index is 0.194. The summed E-state index contributed by atoms with van der Waals surface area (Å²) >= 11 is 5.52. The van der Waals surface area contributed by atoms with E-state index in [0.29, 0.717) is 5.56 Å². The standard InChI is InChI=1S/C11H14ClNO4S/c1-8-3-4-11(10(7-8)13(14)15)18(16,17)9(2)5-6-12/h3-4,7,9H,5-6H2,1-2H3. The van der Waals surface area contributed by atoms with Gasteiger partial charge in [0.15, 0.2) is 9.84 Å². The van der Waals surface area contributed by atoms with Gasteiger partial charge >= 0.3 is 0 Å². The summed E-state index contributed by atoms with van der Waals surface area (Å²) in [6.45, 7) is 3.17. The van der Waals surface area contributed by atoms with Gasteiger partial charge in [-0.15, -0.1) is 11.6 Å². The van der Waals surface area contributed by atoms with Crippen molar-refractivity contribution in [3.63, 3.8) is 0 Å². The number of nitro groups is 1. The van der Waals surface area contributed by atoms with Crippen molar-refractivity contribution >= 4 is 27.1 Å². The van der Waals surface area contributed by atoms with Gasteiger partial charge in [-0.3, -0.25) is 10.1 Å². The largest absolute Gasteiger partial charge is 0.288 e. The summed E-state index contributed by atoms with van der Waals surface area (Å²) in [5.74, 6) is 0.194. The highest BCUT2D eigenvalue weighted by molar-refractivity contribution is 7.92. The van der Waals surface area contributed by atoms with Gasteiger partial charge in [-0.25, -0.2) is 8.42 Å². The van der Waals surface area contributed by atoms with E-state index in [2.05, 4.69) is 0 Å². The smallest absolute Gasteiger partial charge is 0.258 e. The molecule has 0 aliphatic carbocycles. The van der Waals surface area contributed by atoms with E-state index in [-0.39, 0.29) is 22.9 Å². The Kier molecular flexibility index (Phi) is 4.70. The van der Waals surface area contributed by atoms with Crippen molar-refractivity contribution in [2.75, 3.05) is 5.88 Å². The zero-order valence-electron chi connectivity index (χ0n) is 10.1. The lowest BCUT2D eigenvalue weighted by Crippen LogP contribution is -2.19. The summed E-state index contributed by atoms with van der Waals surface area (Å²) in [5.41, 5.74) is 0.266. The number of benzene rings is 1.